The van der Waals surface area contributed by atoms with Gasteiger partial charge in [-0.1, -0.05) is 64.0 Å². The first-order valence-electron chi connectivity index (χ1n) is 9.02. The Labute approximate surface area is 178 Å². The molecule has 1 unspecified atom stereocenters. The molecule has 0 N–H and O–H groups in total. The van der Waals surface area contributed by atoms with Crippen molar-refractivity contribution in [3.63, 3.8) is 0 Å². The van der Waals surface area contributed by atoms with Crippen LogP contribution >= 0.6 is 15.9 Å². The summed E-state index contributed by atoms with van der Waals surface area (Å²) in [6.45, 7) is 1.91. The van der Waals surface area contributed by atoms with Crippen LogP contribution in [-0.4, -0.2) is 13.0 Å². The van der Waals surface area contributed by atoms with E-state index in [2.05, 4.69) is 15.9 Å². The second-order valence-corrected chi connectivity index (χ2v) is 9.27. The van der Waals surface area contributed by atoms with Gasteiger partial charge in [-0.05, 0) is 55.0 Å². The minimum absolute atomic E-state index is 0.160. The summed E-state index contributed by atoms with van der Waals surface area (Å²) in [6, 6.07) is 23.6. The molecule has 29 heavy (non-hydrogen) atoms. The van der Waals surface area contributed by atoms with Gasteiger partial charge in [-0.2, -0.15) is 0 Å². The fourth-order valence-corrected chi connectivity index (χ4v) is 4.47. The number of hydrogen-bond acceptors (Lipinski definition) is 4. The normalized spacial score (nSPS) is 17.4. The number of hydrazine groups is 1. The Hall–Kier alpha value is -2.45. The largest absolute Gasteiger partial charge is 0.283 e. The Kier molecular flexibility index (Phi) is 5.56. The first-order chi connectivity index (χ1) is 13.9. The number of nitrogens with zero attached hydrogens (tertiary/aromatic N) is 2. The van der Waals surface area contributed by atoms with E-state index in [0.29, 0.717) is 5.69 Å². The van der Waals surface area contributed by atoms with Gasteiger partial charge in [0.25, 0.3) is 10.0 Å². The third-order valence-electron chi connectivity index (χ3n) is 4.53. The molecule has 1 heterocycles. The summed E-state index contributed by atoms with van der Waals surface area (Å²) in [5.74, 6) is 0. The van der Waals surface area contributed by atoms with E-state index in [1.807, 2.05) is 67.6 Å². The third-order valence-corrected chi connectivity index (χ3v) is 6.60. The van der Waals surface area contributed by atoms with Gasteiger partial charge in [0.05, 0.1) is 10.6 Å². The van der Waals surface area contributed by atoms with Crippen molar-refractivity contribution in [3.8, 4) is 0 Å². The number of sulfonamides is 1. The predicted molar refractivity (Wildman–Crippen MR) is 116 cm³/mol. The van der Waals surface area contributed by atoms with Crippen molar-refractivity contribution in [3.05, 3.63) is 107 Å². The van der Waals surface area contributed by atoms with Crippen LogP contribution in [0.4, 0.5) is 5.69 Å². The summed E-state index contributed by atoms with van der Waals surface area (Å²) >= 11 is 3.41. The highest BCUT2D eigenvalue weighted by atomic mass is 79.9. The monoisotopic (exact) mass is 470 g/mol. The van der Waals surface area contributed by atoms with Crippen LogP contribution in [0, 0.1) is 6.92 Å². The van der Waals surface area contributed by atoms with Gasteiger partial charge < -0.3 is 0 Å². The predicted octanol–water partition coefficient (Wildman–Crippen LogP) is 5.37. The van der Waals surface area contributed by atoms with E-state index in [1.54, 1.807) is 30.5 Å². The number of halogens is 1. The Morgan fingerprint density at radius 2 is 1.55 bits per heavy atom. The third kappa shape index (κ3) is 4.13. The van der Waals surface area contributed by atoms with E-state index in [9.17, 15) is 8.42 Å². The maximum Gasteiger partial charge on any atom is 0.283 e. The number of rotatable bonds is 4. The zero-order valence-corrected chi connectivity index (χ0v) is 18.0. The Bertz CT molecular complexity index is 1110. The van der Waals surface area contributed by atoms with Crippen LogP contribution in [0.3, 0.4) is 0 Å². The first kappa shape index (κ1) is 19.8. The molecular weight excluding hydrogens is 452 g/mol. The molecule has 148 valence electrons. The van der Waals surface area contributed by atoms with Gasteiger partial charge in [0.2, 0.25) is 0 Å². The lowest BCUT2D eigenvalue weighted by Gasteiger charge is -2.37. The minimum atomic E-state index is -3.95. The molecule has 0 aromatic heterocycles. The lowest BCUT2D eigenvalue weighted by atomic mass is 10.1. The fraction of sp³-hybridized carbons (Fsp3) is 0.0909. The summed E-state index contributed by atoms with van der Waals surface area (Å²) < 4.78 is 28.7. The summed E-state index contributed by atoms with van der Waals surface area (Å²) in [5, 5.41) is 1.49. The highest BCUT2D eigenvalue weighted by Gasteiger charge is 2.36. The highest BCUT2D eigenvalue weighted by Crippen LogP contribution is 2.33. The molecule has 5 nitrogen and oxygen atoms in total. The molecule has 0 radical (unpaired) electrons. The molecular formula is C22H19BrN2O3S. The molecule has 7 heteroatoms. The molecule has 0 aliphatic carbocycles. The van der Waals surface area contributed by atoms with Crippen molar-refractivity contribution >= 4 is 31.6 Å². The van der Waals surface area contributed by atoms with Gasteiger partial charge in [-0.25, -0.2) is 13.4 Å². The SMILES string of the molecule is Cc1ccc(S(=O)(=O)N2OC(c3ccccc3)C=CN2c2ccc(Br)cc2)cc1. The Morgan fingerprint density at radius 1 is 0.897 bits per heavy atom. The zero-order chi connectivity index (χ0) is 20.4. The summed E-state index contributed by atoms with van der Waals surface area (Å²) in [4.78, 5) is 6.15. The van der Waals surface area contributed by atoms with E-state index in [0.717, 1.165) is 20.2 Å². The average Bonchev–Trinajstić information content (AvgIpc) is 2.75. The van der Waals surface area contributed by atoms with Gasteiger partial charge in [0.15, 0.2) is 0 Å². The molecule has 0 spiro atoms. The molecule has 4 rings (SSSR count). The maximum atomic E-state index is 13.4. The van der Waals surface area contributed by atoms with E-state index in [-0.39, 0.29) is 4.90 Å². The topological polar surface area (TPSA) is 49.9 Å². The zero-order valence-electron chi connectivity index (χ0n) is 15.6. The average molecular weight is 471 g/mol. The van der Waals surface area contributed by atoms with Gasteiger partial charge >= 0.3 is 0 Å². The highest BCUT2D eigenvalue weighted by molar-refractivity contribution is 9.10. The van der Waals surface area contributed by atoms with Crippen molar-refractivity contribution < 1.29 is 13.3 Å². The first-order valence-corrected chi connectivity index (χ1v) is 11.3. The van der Waals surface area contributed by atoms with Crippen molar-refractivity contribution in [2.24, 2.45) is 0 Å². The molecule has 3 aromatic rings. The lowest BCUT2D eigenvalue weighted by Crippen LogP contribution is -2.46. The van der Waals surface area contributed by atoms with Gasteiger partial charge in [0, 0.05) is 15.3 Å². The molecule has 0 amide bonds. The van der Waals surface area contributed by atoms with Crippen LogP contribution in [0.15, 0.2) is 101 Å². The smallest absolute Gasteiger partial charge is 0.253 e. The van der Waals surface area contributed by atoms with E-state index < -0.39 is 16.1 Å². The Morgan fingerprint density at radius 3 is 2.21 bits per heavy atom. The molecule has 3 aromatic carbocycles. The van der Waals surface area contributed by atoms with E-state index in [1.165, 1.54) is 5.01 Å². The molecule has 0 bridgehead atoms. The second kappa shape index (κ2) is 8.12. The lowest BCUT2D eigenvalue weighted by molar-refractivity contribution is -0.127. The number of benzene rings is 3. The molecule has 1 aliphatic heterocycles. The Balaban J connectivity index is 1.78. The summed E-state index contributed by atoms with van der Waals surface area (Å²) in [7, 11) is -3.95. The maximum absolute atomic E-state index is 13.4. The molecule has 1 aliphatic rings. The van der Waals surface area contributed by atoms with Crippen molar-refractivity contribution in [2.75, 3.05) is 5.01 Å². The number of hydrogen-bond donors (Lipinski definition) is 0. The molecule has 0 fully saturated rings. The van der Waals surface area contributed by atoms with Crippen LogP contribution in [0.25, 0.3) is 0 Å². The van der Waals surface area contributed by atoms with Crippen molar-refractivity contribution in [1.82, 2.24) is 4.58 Å². The van der Waals surface area contributed by atoms with Crippen LogP contribution < -0.4 is 5.01 Å². The van der Waals surface area contributed by atoms with E-state index in [4.69, 9.17) is 4.84 Å². The molecule has 0 saturated carbocycles. The van der Waals surface area contributed by atoms with Crippen LogP contribution in [0.2, 0.25) is 0 Å². The molecule has 0 saturated heterocycles. The van der Waals surface area contributed by atoms with Crippen LogP contribution in [0.5, 0.6) is 0 Å². The number of aryl methyl sites for hydroxylation is 1. The molecule has 1 atom stereocenters. The summed E-state index contributed by atoms with van der Waals surface area (Å²) in [5.41, 5.74) is 2.50. The van der Waals surface area contributed by atoms with Crippen molar-refractivity contribution in [2.45, 2.75) is 17.9 Å². The van der Waals surface area contributed by atoms with E-state index >= 15 is 0 Å². The van der Waals surface area contributed by atoms with Crippen molar-refractivity contribution in [1.29, 1.82) is 0 Å². The summed E-state index contributed by atoms with van der Waals surface area (Å²) in [6.07, 6.45) is 3.03. The van der Waals surface area contributed by atoms with Gasteiger partial charge in [0.1, 0.15) is 6.10 Å². The fourth-order valence-electron chi connectivity index (χ4n) is 2.96. The quantitative estimate of drug-likeness (QED) is 0.514. The van der Waals surface area contributed by atoms with Gasteiger partial charge in [-0.3, -0.25) is 4.84 Å². The van der Waals surface area contributed by atoms with Gasteiger partial charge in [-0.15, -0.1) is 0 Å². The minimum Gasteiger partial charge on any atom is -0.253 e. The van der Waals surface area contributed by atoms with Crippen LogP contribution in [-0.2, 0) is 14.9 Å². The second-order valence-electron chi connectivity index (χ2n) is 6.63. The van der Waals surface area contributed by atoms with Crippen LogP contribution in [0.1, 0.15) is 17.2 Å². The number of anilines is 1. The standard InChI is InChI=1S/C22H19BrN2O3S/c1-17-7-13-21(14-8-17)29(26,27)25-24(20-11-9-19(23)10-12-20)16-15-22(28-25)18-5-3-2-4-6-18/h2-16,22H,1H3.